The molecule has 1 aromatic heterocycles. The number of hydrogen-bond donors (Lipinski definition) is 2. The molecule has 0 aliphatic carbocycles. The third-order valence-electron chi connectivity index (χ3n) is 5.87. The smallest absolute Gasteiger partial charge is 0.279 e. The summed E-state index contributed by atoms with van der Waals surface area (Å²) in [5.74, 6) is 1.42. The fraction of sp³-hybridized carbons (Fsp3) is 0.409. The van der Waals surface area contributed by atoms with Crippen LogP contribution in [0.3, 0.4) is 0 Å². The van der Waals surface area contributed by atoms with Gasteiger partial charge in [-0.05, 0) is 36.8 Å². The maximum Gasteiger partial charge on any atom is 0.279 e. The molecule has 0 unspecified atom stereocenters. The van der Waals surface area contributed by atoms with E-state index >= 15 is 0 Å². The standard InChI is InChI=1S/C22H25N5O3/c1-15-2-4-19-18(12-15)24-25-27(19)17-6-8-26(9-7-17)14-22(28)23-16-3-5-20-21(13-16)30-11-10-29-20/h2-5,12-13,17H,6-11,14H2,1H3,(H,23,28)/p+1. The van der Waals surface area contributed by atoms with Gasteiger partial charge in [0.15, 0.2) is 18.0 Å². The molecule has 156 valence electrons. The Kier molecular flexibility index (Phi) is 5.00. The normalized spacial score (nSPS) is 20.8. The monoisotopic (exact) mass is 408 g/mol. The molecule has 30 heavy (non-hydrogen) atoms. The fourth-order valence-electron chi connectivity index (χ4n) is 4.31. The Bertz CT molecular complexity index is 1070. The predicted octanol–water partition coefficient (Wildman–Crippen LogP) is 1.37. The summed E-state index contributed by atoms with van der Waals surface area (Å²) >= 11 is 0. The van der Waals surface area contributed by atoms with Gasteiger partial charge in [-0.1, -0.05) is 11.3 Å². The van der Waals surface area contributed by atoms with Crippen molar-refractivity contribution < 1.29 is 19.2 Å². The van der Waals surface area contributed by atoms with Crippen molar-refractivity contribution in [2.75, 3.05) is 38.2 Å². The summed E-state index contributed by atoms with van der Waals surface area (Å²) in [5, 5.41) is 11.7. The maximum atomic E-state index is 12.5. The Hall–Kier alpha value is -3.13. The molecule has 1 saturated heterocycles. The van der Waals surface area contributed by atoms with Gasteiger partial charge < -0.3 is 19.7 Å². The zero-order valence-electron chi connectivity index (χ0n) is 17.1. The lowest BCUT2D eigenvalue weighted by Gasteiger charge is -2.29. The van der Waals surface area contributed by atoms with Crippen LogP contribution < -0.4 is 19.7 Å². The lowest BCUT2D eigenvalue weighted by atomic mass is 10.0. The summed E-state index contributed by atoms with van der Waals surface area (Å²) in [6, 6.07) is 12.1. The first-order valence-corrected chi connectivity index (χ1v) is 10.5. The van der Waals surface area contributed by atoms with E-state index in [9.17, 15) is 4.79 Å². The first-order chi connectivity index (χ1) is 14.7. The molecule has 8 heteroatoms. The van der Waals surface area contributed by atoms with Gasteiger partial charge in [-0.15, -0.1) is 5.10 Å². The Morgan fingerprint density at radius 2 is 1.93 bits per heavy atom. The Labute approximate surface area is 174 Å². The van der Waals surface area contributed by atoms with Gasteiger partial charge in [0, 0.05) is 24.6 Å². The minimum Gasteiger partial charge on any atom is -0.486 e. The molecule has 0 saturated carbocycles. The summed E-state index contributed by atoms with van der Waals surface area (Å²) in [6.07, 6.45) is 1.97. The van der Waals surface area contributed by atoms with E-state index in [4.69, 9.17) is 9.47 Å². The number of rotatable bonds is 4. The highest BCUT2D eigenvalue weighted by Crippen LogP contribution is 2.32. The highest BCUT2D eigenvalue weighted by atomic mass is 16.6. The summed E-state index contributed by atoms with van der Waals surface area (Å²) in [5.41, 5.74) is 3.97. The van der Waals surface area contributed by atoms with Crippen molar-refractivity contribution in [1.29, 1.82) is 0 Å². The van der Waals surface area contributed by atoms with Crippen LogP contribution in [0.2, 0.25) is 0 Å². The first-order valence-electron chi connectivity index (χ1n) is 10.5. The van der Waals surface area contributed by atoms with Crippen LogP contribution in [0.1, 0.15) is 24.4 Å². The molecule has 0 spiro atoms. The van der Waals surface area contributed by atoms with E-state index < -0.39 is 0 Å². The summed E-state index contributed by atoms with van der Waals surface area (Å²) in [4.78, 5) is 13.8. The lowest BCUT2D eigenvalue weighted by molar-refractivity contribution is -0.897. The number of quaternary nitrogens is 1. The van der Waals surface area contributed by atoms with Crippen molar-refractivity contribution in [3.63, 3.8) is 0 Å². The topological polar surface area (TPSA) is 82.7 Å². The number of anilines is 1. The molecule has 8 nitrogen and oxygen atoms in total. The van der Waals surface area contributed by atoms with Gasteiger partial charge in [0.2, 0.25) is 0 Å². The average molecular weight is 408 g/mol. The van der Waals surface area contributed by atoms with Crippen LogP contribution in [0.5, 0.6) is 11.5 Å². The van der Waals surface area contributed by atoms with E-state index in [0.29, 0.717) is 31.5 Å². The van der Waals surface area contributed by atoms with Crippen LogP contribution in [0.4, 0.5) is 5.69 Å². The average Bonchev–Trinajstić information content (AvgIpc) is 3.17. The number of hydrogen-bond acceptors (Lipinski definition) is 5. The molecule has 0 atom stereocenters. The van der Waals surface area contributed by atoms with Crippen LogP contribution in [-0.4, -0.2) is 53.7 Å². The molecule has 3 heterocycles. The quantitative estimate of drug-likeness (QED) is 0.681. The van der Waals surface area contributed by atoms with E-state index in [1.54, 1.807) is 0 Å². The number of fused-ring (bicyclic) bond motifs is 2. The molecular weight excluding hydrogens is 382 g/mol. The molecule has 2 aliphatic heterocycles. The van der Waals surface area contributed by atoms with Gasteiger partial charge in [-0.25, -0.2) is 4.68 Å². The summed E-state index contributed by atoms with van der Waals surface area (Å²) < 4.78 is 13.2. The molecule has 0 radical (unpaired) electrons. The molecular formula is C22H26N5O3+. The molecule has 2 aliphatic rings. The zero-order valence-corrected chi connectivity index (χ0v) is 17.1. The number of benzene rings is 2. The number of aryl methyl sites for hydroxylation is 1. The fourth-order valence-corrected chi connectivity index (χ4v) is 4.31. The molecule has 2 N–H and O–H groups in total. The van der Waals surface area contributed by atoms with Crippen LogP contribution in [0, 0.1) is 6.92 Å². The summed E-state index contributed by atoms with van der Waals surface area (Å²) in [6.45, 7) is 5.49. The van der Waals surface area contributed by atoms with Crippen molar-refractivity contribution in [3.05, 3.63) is 42.0 Å². The van der Waals surface area contributed by atoms with Gasteiger partial charge in [0.05, 0.1) is 24.6 Å². The largest absolute Gasteiger partial charge is 0.486 e. The number of ether oxygens (including phenoxy) is 2. The second-order valence-electron chi connectivity index (χ2n) is 8.09. The van der Waals surface area contributed by atoms with E-state index in [1.165, 1.54) is 10.5 Å². The maximum absolute atomic E-state index is 12.5. The molecule has 0 bridgehead atoms. The van der Waals surface area contributed by atoms with Crippen molar-refractivity contribution in [2.45, 2.75) is 25.8 Å². The third-order valence-corrected chi connectivity index (χ3v) is 5.87. The summed E-state index contributed by atoms with van der Waals surface area (Å²) in [7, 11) is 0. The Balaban J connectivity index is 1.16. The van der Waals surface area contributed by atoms with Gasteiger partial charge in [-0.2, -0.15) is 0 Å². The Morgan fingerprint density at radius 3 is 2.77 bits per heavy atom. The minimum atomic E-state index is 0.0156. The van der Waals surface area contributed by atoms with E-state index in [2.05, 4.69) is 45.4 Å². The van der Waals surface area contributed by atoms with Gasteiger partial charge in [0.1, 0.15) is 18.7 Å². The number of likely N-dealkylation sites (tertiary alicyclic amines) is 1. The van der Waals surface area contributed by atoms with Gasteiger partial charge in [0.25, 0.3) is 5.91 Å². The Morgan fingerprint density at radius 1 is 1.13 bits per heavy atom. The molecule has 3 aromatic rings. The number of nitrogens with one attached hydrogen (secondary N) is 2. The third kappa shape index (κ3) is 3.82. The van der Waals surface area contributed by atoms with Crippen molar-refractivity contribution in [2.24, 2.45) is 0 Å². The highest BCUT2D eigenvalue weighted by molar-refractivity contribution is 5.91. The van der Waals surface area contributed by atoms with Crippen molar-refractivity contribution in [3.8, 4) is 11.5 Å². The molecule has 5 rings (SSSR count). The minimum absolute atomic E-state index is 0.0156. The molecule has 2 aromatic carbocycles. The van der Waals surface area contributed by atoms with Crippen molar-refractivity contribution >= 4 is 22.6 Å². The second kappa shape index (κ2) is 7.95. The SMILES string of the molecule is Cc1ccc2c(c1)nnn2C1CC[NH+](CC(=O)Nc2ccc3c(c2)OCCO3)CC1. The number of carbonyl (C=O) groups is 1. The van der Waals surface area contributed by atoms with Crippen LogP contribution in [0.25, 0.3) is 11.0 Å². The number of piperidine rings is 1. The molecule has 1 amide bonds. The van der Waals surface area contributed by atoms with E-state index in [0.717, 1.165) is 48.4 Å². The van der Waals surface area contributed by atoms with E-state index in [-0.39, 0.29) is 5.91 Å². The number of aromatic nitrogens is 3. The zero-order chi connectivity index (χ0) is 20.5. The predicted molar refractivity (Wildman–Crippen MR) is 112 cm³/mol. The van der Waals surface area contributed by atoms with E-state index in [1.807, 2.05) is 18.2 Å². The van der Waals surface area contributed by atoms with Crippen LogP contribution in [-0.2, 0) is 4.79 Å². The van der Waals surface area contributed by atoms with Crippen molar-refractivity contribution in [1.82, 2.24) is 15.0 Å². The number of amides is 1. The van der Waals surface area contributed by atoms with Crippen LogP contribution in [0.15, 0.2) is 36.4 Å². The van der Waals surface area contributed by atoms with Gasteiger partial charge >= 0.3 is 0 Å². The second-order valence-corrected chi connectivity index (χ2v) is 8.09. The lowest BCUT2D eigenvalue weighted by Crippen LogP contribution is -3.14. The first kappa shape index (κ1) is 18.9. The van der Waals surface area contributed by atoms with Gasteiger partial charge in [-0.3, -0.25) is 4.79 Å². The molecule has 1 fully saturated rings. The number of nitrogens with zero attached hydrogens (tertiary/aromatic N) is 3. The number of carbonyl (C=O) groups excluding carboxylic acids is 1. The van der Waals surface area contributed by atoms with Crippen LogP contribution >= 0.6 is 0 Å². The highest BCUT2D eigenvalue weighted by Gasteiger charge is 2.27.